The standard InChI is InChI=1S/C17H13ClN2O2/c18-13-5-7-14(8-6-13)20-16(21)10-12(17(20)22)9-11-3-1-2-4-15(11)19/h1-9H,10,19H2/b12-9+. The van der Waals surface area contributed by atoms with Gasteiger partial charge in [-0.2, -0.15) is 0 Å². The number of carbonyl (C=O) groups is 2. The second kappa shape index (κ2) is 5.66. The summed E-state index contributed by atoms with van der Waals surface area (Å²) >= 11 is 5.83. The lowest BCUT2D eigenvalue weighted by atomic mass is 10.1. The summed E-state index contributed by atoms with van der Waals surface area (Å²) in [5.41, 5.74) is 8.12. The number of benzene rings is 2. The first-order valence-electron chi connectivity index (χ1n) is 6.74. The fourth-order valence-electron chi connectivity index (χ4n) is 2.37. The van der Waals surface area contributed by atoms with Gasteiger partial charge in [-0.25, -0.2) is 4.90 Å². The first-order chi connectivity index (χ1) is 10.6. The Labute approximate surface area is 132 Å². The van der Waals surface area contributed by atoms with Crippen LogP contribution in [-0.4, -0.2) is 11.8 Å². The van der Waals surface area contributed by atoms with Gasteiger partial charge < -0.3 is 5.73 Å². The summed E-state index contributed by atoms with van der Waals surface area (Å²) in [5.74, 6) is -0.580. The average Bonchev–Trinajstić information content (AvgIpc) is 2.77. The van der Waals surface area contributed by atoms with Crippen molar-refractivity contribution in [2.24, 2.45) is 0 Å². The van der Waals surface area contributed by atoms with Crippen LogP contribution in [0.15, 0.2) is 54.1 Å². The lowest BCUT2D eigenvalue weighted by Gasteiger charge is -2.13. The van der Waals surface area contributed by atoms with Crippen molar-refractivity contribution in [1.82, 2.24) is 0 Å². The van der Waals surface area contributed by atoms with Gasteiger partial charge in [0.05, 0.1) is 12.1 Å². The summed E-state index contributed by atoms with van der Waals surface area (Å²) in [7, 11) is 0. The number of nitrogens with two attached hydrogens (primary N) is 1. The van der Waals surface area contributed by atoms with Gasteiger partial charge in [0.15, 0.2) is 0 Å². The number of rotatable bonds is 2. The molecule has 2 aromatic rings. The van der Waals surface area contributed by atoms with Crippen molar-refractivity contribution in [3.63, 3.8) is 0 Å². The molecule has 0 spiro atoms. The maximum atomic E-state index is 12.5. The number of amides is 2. The van der Waals surface area contributed by atoms with Crippen molar-refractivity contribution in [2.45, 2.75) is 6.42 Å². The second-order valence-electron chi connectivity index (χ2n) is 4.99. The number of anilines is 2. The summed E-state index contributed by atoms with van der Waals surface area (Å²) in [5, 5.41) is 0.552. The predicted octanol–water partition coefficient (Wildman–Crippen LogP) is 3.27. The van der Waals surface area contributed by atoms with Crippen LogP contribution in [0.2, 0.25) is 5.02 Å². The molecule has 2 amide bonds. The Balaban J connectivity index is 1.95. The van der Waals surface area contributed by atoms with E-state index in [1.165, 1.54) is 4.90 Å². The zero-order valence-corrected chi connectivity index (χ0v) is 12.4. The number of nitrogens with zero attached hydrogens (tertiary/aromatic N) is 1. The van der Waals surface area contributed by atoms with Crippen LogP contribution in [0, 0.1) is 0 Å². The summed E-state index contributed by atoms with van der Waals surface area (Å²) in [6.45, 7) is 0. The van der Waals surface area contributed by atoms with Crippen molar-refractivity contribution in [3.05, 3.63) is 64.7 Å². The number of nitrogen functional groups attached to an aromatic ring is 1. The Morgan fingerprint density at radius 3 is 2.41 bits per heavy atom. The molecule has 0 unspecified atom stereocenters. The maximum Gasteiger partial charge on any atom is 0.261 e. The molecule has 0 aromatic heterocycles. The van der Waals surface area contributed by atoms with Crippen molar-refractivity contribution in [3.8, 4) is 0 Å². The summed E-state index contributed by atoms with van der Waals surface area (Å²) in [6, 6.07) is 13.8. The molecule has 5 heteroatoms. The minimum absolute atomic E-state index is 0.0653. The van der Waals surface area contributed by atoms with Gasteiger partial charge >= 0.3 is 0 Å². The largest absolute Gasteiger partial charge is 0.398 e. The SMILES string of the molecule is Nc1ccccc1/C=C1\CC(=O)N(c2ccc(Cl)cc2)C1=O. The van der Waals surface area contributed by atoms with E-state index in [1.807, 2.05) is 18.2 Å². The van der Waals surface area contributed by atoms with Crippen LogP contribution < -0.4 is 10.6 Å². The Hall–Kier alpha value is -2.59. The number of para-hydroxylation sites is 1. The number of hydrogen-bond donors (Lipinski definition) is 1. The van der Waals surface area contributed by atoms with E-state index in [1.54, 1.807) is 36.4 Å². The van der Waals surface area contributed by atoms with Gasteiger partial charge in [0, 0.05) is 16.3 Å². The fourth-order valence-corrected chi connectivity index (χ4v) is 2.49. The van der Waals surface area contributed by atoms with Crippen LogP contribution in [0.3, 0.4) is 0 Å². The molecule has 3 rings (SSSR count). The molecule has 0 atom stereocenters. The molecule has 2 N–H and O–H groups in total. The molecule has 110 valence electrons. The van der Waals surface area contributed by atoms with Crippen LogP contribution in [0.5, 0.6) is 0 Å². The summed E-state index contributed by atoms with van der Waals surface area (Å²) in [6.07, 6.45) is 1.74. The van der Waals surface area contributed by atoms with Gasteiger partial charge in [-0.15, -0.1) is 0 Å². The molecular formula is C17H13ClN2O2. The molecule has 22 heavy (non-hydrogen) atoms. The lowest BCUT2D eigenvalue weighted by Crippen LogP contribution is -2.28. The maximum absolute atomic E-state index is 12.5. The zero-order chi connectivity index (χ0) is 15.7. The number of halogens is 1. The monoisotopic (exact) mass is 312 g/mol. The van der Waals surface area contributed by atoms with Crippen LogP contribution >= 0.6 is 11.6 Å². The minimum Gasteiger partial charge on any atom is -0.398 e. The van der Waals surface area contributed by atoms with E-state index in [-0.39, 0.29) is 18.2 Å². The van der Waals surface area contributed by atoms with Crippen LogP contribution in [-0.2, 0) is 9.59 Å². The molecule has 1 aliphatic heterocycles. The third-order valence-corrected chi connectivity index (χ3v) is 3.73. The number of hydrogen-bond acceptors (Lipinski definition) is 3. The third kappa shape index (κ3) is 2.61. The molecule has 1 fully saturated rings. The highest BCUT2D eigenvalue weighted by Gasteiger charge is 2.34. The van der Waals surface area contributed by atoms with Gasteiger partial charge in [-0.1, -0.05) is 29.8 Å². The lowest BCUT2D eigenvalue weighted by molar-refractivity contribution is -0.120. The van der Waals surface area contributed by atoms with Crippen LogP contribution in [0.4, 0.5) is 11.4 Å². The molecule has 1 saturated heterocycles. The summed E-state index contributed by atoms with van der Waals surface area (Å²) in [4.78, 5) is 25.8. The molecule has 0 radical (unpaired) electrons. The van der Waals surface area contributed by atoms with Crippen molar-refractivity contribution >= 4 is 40.9 Å². The highest BCUT2D eigenvalue weighted by Crippen LogP contribution is 2.29. The first kappa shape index (κ1) is 14.4. The second-order valence-corrected chi connectivity index (χ2v) is 5.42. The van der Waals surface area contributed by atoms with E-state index < -0.39 is 0 Å². The third-order valence-electron chi connectivity index (χ3n) is 3.48. The average molecular weight is 313 g/mol. The topological polar surface area (TPSA) is 63.4 Å². The molecule has 1 aliphatic rings. The molecular weight excluding hydrogens is 300 g/mol. The van der Waals surface area contributed by atoms with Gasteiger partial charge in [0.25, 0.3) is 5.91 Å². The Morgan fingerprint density at radius 2 is 1.73 bits per heavy atom. The normalized spacial score (nSPS) is 16.6. The molecule has 4 nitrogen and oxygen atoms in total. The Morgan fingerprint density at radius 1 is 1.05 bits per heavy atom. The quantitative estimate of drug-likeness (QED) is 0.526. The highest BCUT2D eigenvalue weighted by atomic mass is 35.5. The van der Waals surface area contributed by atoms with E-state index >= 15 is 0 Å². The van der Waals surface area contributed by atoms with Crippen molar-refractivity contribution < 1.29 is 9.59 Å². The van der Waals surface area contributed by atoms with E-state index in [0.717, 1.165) is 5.56 Å². The van der Waals surface area contributed by atoms with E-state index in [4.69, 9.17) is 17.3 Å². The van der Waals surface area contributed by atoms with E-state index in [9.17, 15) is 9.59 Å². The molecule has 0 bridgehead atoms. The Kier molecular flexibility index (Phi) is 3.69. The van der Waals surface area contributed by atoms with E-state index in [2.05, 4.69) is 0 Å². The number of carbonyl (C=O) groups excluding carboxylic acids is 2. The number of imide groups is 1. The van der Waals surface area contributed by atoms with E-state index in [0.29, 0.717) is 22.0 Å². The summed E-state index contributed by atoms with van der Waals surface area (Å²) < 4.78 is 0. The molecule has 0 saturated carbocycles. The van der Waals surface area contributed by atoms with Crippen molar-refractivity contribution in [2.75, 3.05) is 10.6 Å². The van der Waals surface area contributed by atoms with Gasteiger partial charge in [-0.05, 0) is 42.0 Å². The van der Waals surface area contributed by atoms with Crippen LogP contribution in [0.25, 0.3) is 6.08 Å². The smallest absolute Gasteiger partial charge is 0.261 e. The molecule has 1 heterocycles. The first-order valence-corrected chi connectivity index (χ1v) is 7.12. The zero-order valence-electron chi connectivity index (χ0n) is 11.6. The van der Waals surface area contributed by atoms with Gasteiger partial charge in [0.2, 0.25) is 5.91 Å². The minimum atomic E-state index is -0.324. The molecule has 0 aliphatic carbocycles. The molecule has 2 aromatic carbocycles. The Bertz CT molecular complexity index is 782. The highest BCUT2D eigenvalue weighted by molar-refractivity contribution is 6.31. The van der Waals surface area contributed by atoms with Gasteiger partial charge in [-0.3, -0.25) is 9.59 Å². The van der Waals surface area contributed by atoms with Gasteiger partial charge in [0.1, 0.15) is 0 Å². The van der Waals surface area contributed by atoms with Crippen LogP contribution in [0.1, 0.15) is 12.0 Å². The predicted molar refractivity (Wildman–Crippen MR) is 87.4 cm³/mol. The fraction of sp³-hybridized carbons (Fsp3) is 0.0588. The van der Waals surface area contributed by atoms with Crippen molar-refractivity contribution in [1.29, 1.82) is 0 Å².